The third kappa shape index (κ3) is 1.46. The van der Waals surface area contributed by atoms with Gasteiger partial charge in [0.2, 0.25) is 0 Å². The number of fused-ring (bicyclic) bond motifs is 2. The van der Waals surface area contributed by atoms with E-state index < -0.39 is 0 Å². The Morgan fingerprint density at radius 1 is 0.882 bits per heavy atom. The van der Waals surface area contributed by atoms with Gasteiger partial charge in [-0.3, -0.25) is 4.79 Å². The summed E-state index contributed by atoms with van der Waals surface area (Å²) in [4.78, 5) is 11.3. The Balaban J connectivity index is 2.59. The standard InChI is InChI=1S/C15H11NO/c16-12-6-5-11-7-10-3-1-2-4-13(10)15(9-17)14(11)8-12/h1-9H,16H2. The molecule has 82 valence electrons. The monoisotopic (exact) mass is 221 g/mol. The summed E-state index contributed by atoms with van der Waals surface area (Å²) in [7, 11) is 0. The van der Waals surface area contributed by atoms with Crippen LogP contribution >= 0.6 is 0 Å². The Morgan fingerprint density at radius 2 is 1.65 bits per heavy atom. The van der Waals surface area contributed by atoms with Crippen molar-refractivity contribution in [2.24, 2.45) is 0 Å². The highest BCUT2D eigenvalue weighted by Crippen LogP contribution is 2.28. The SMILES string of the molecule is Nc1ccc2cc3ccccc3c(C=O)c2c1. The highest BCUT2D eigenvalue weighted by Gasteiger charge is 2.06. The number of benzene rings is 3. The summed E-state index contributed by atoms with van der Waals surface area (Å²) in [6.45, 7) is 0. The van der Waals surface area contributed by atoms with Gasteiger partial charge in [-0.25, -0.2) is 0 Å². The lowest BCUT2D eigenvalue weighted by atomic mass is 9.97. The molecule has 3 rings (SSSR count). The molecule has 0 saturated heterocycles. The van der Waals surface area contributed by atoms with E-state index in [1.165, 1.54) is 0 Å². The van der Waals surface area contributed by atoms with Crippen LogP contribution in [0.5, 0.6) is 0 Å². The van der Waals surface area contributed by atoms with E-state index in [9.17, 15) is 4.79 Å². The minimum Gasteiger partial charge on any atom is -0.399 e. The van der Waals surface area contributed by atoms with Gasteiger partial charge in [-0.05, 0) is 39.7 Å². The van der Waals surface area contributed by atoms with E-state index in [2.05, 4.69) is 6.07 Å². The van der Waals surface area contributed by atoms with Gasteiger partial charge in [-0.15, -0.1) is 0 Å². The second-order valence-electron chi connectivity index (χ2n) is 4.11. The van der Waals surface area contributed by atoms with Crippen LogP contribution in [0.1, 0.15) is 10.4 Å². The molecule has 0 heterocycles. The van der Waals surface area contributed by atoms with E-state index in [0.29, 0.717) is 11.3 Å². The van der Waals surface area contributed by atoms with Gasteiger partial charge in [0.05, 0.1) is 0 Å². The summed E-state index contributed by atoms with van der Waals surface area (Å²) in [5, 5.41) is 4.01. The molecule has 2 N–H and O–H groups in total. The maximum atomic E-state index is 11.3. The molecule has 3 aromatic rings. The van der Waals surface area contributed by atoms with Crippen molar-refractivity contribution < 1.29 is 4.79 Å². The first-order valence-corrected chi connectivity index (χ1v) is 5.46. The topological polar surface area (TPSA) is 43.1 Å². The average Bonchev–Trinajstić information content (AvgIpc) is 2.36. The molecule has 0 aliphatic carbocycles. The number of rotatable bonds is 1. The Morgan fingerprint density at radius 3 is 2.47 bits per heavy atom. The number of aldehydes is 1. The molecule has 0 aromatic heterocycles. The highest BCUT2D eigenvalue weighted by molar-refractivity contribution is 6.12. The molecule has 0 fully saturated rings. The van der Waals surface area contributed by atoms with E-state index in [1.54, 1.807) is 0 Å². The number of hydrogen-bond donors (Lipinski definition) is 1. The van der Waals surface area contributed by atoms with Gasteiger partial charge in [0.25, 0.3) is 0 Å². The number of carbonyl (C=O) groups is 1. The lowest BCUT2D eigenvalue weighted by Crippen LogP contribution is -1.90. The zero-order chi connectivity index (χ0) is 11.8. The third-order valence-electron chi connectivity index (χ3n) is 3.05. The average molecular weight is 221 g/mol. The first-order valence-electron chi connectivity index (χ1n) is 5.46. The molecular weight excluding hydrogens is 210 g/mol. The van der Waals surface area contributed by atoms with Crippen molar-refractivity contribution in [3.8, 4) is 0 Å². The summed E-state index contributed by atoms with van der Waals surface area (Å²) < 4.78 is 0. The number of nitrogen functional groups attached to an aromatic ring is 1. The normalized spacial score (nSPS) is 10.8. The molecule has 0 unspecified atom stereocenters. The predicted molar refractivity (Wildman–Crippen MR) is 71.3 cm³/mol. The van der Waals surface area contributed by atoms with Gasteiger partial charge in [0, 0.05) is 11.3 Å². The molecule has 3 aromatic carbocycles. The zero-order valence-electron chi connectivity index (χ0n) is 9.18. The molecule has 0 bridgehead atoms. The summed E-state index contributed by atoms with van der Waals surface area (Å²) >= 11 is 0. The molecular formula is C15H11NO. The fourth-order valence-electron chi connectivity index (χ4n) is 2.24. The van der Waals surface area contributed by atoms with Gasteiger partial charge in [0.15, 0.2) is 6.29 Å². The predicted octanol–water partition coefficient (Wildman–Crippen LogP) is 3.39. The third-order valence-corrected chi connectivity index (χ3v) is 3.05. The summed E-state index contributed by atoms with van der Waals surface area (Å²) in [6.07, 6.45) is 0.907. The Hall–Kier alpha value is -2.35. The van der Waals surface area contributed by atoms with Crippen molar-refractivity contribution in [3.05, 3.63) is 54.1 Å². The Bertz CT molecular complexity index is 731. The molecule has 0 aliphatic rings. The fourth-order valence-corrected chi connectivity index (χ4v) is 2.24. The number of nitrogens with two attached hydrogens (primary N) is 1. The summed E-state index contributed by atoms with van der Waals surface area (Å²) in [5.41, 5.74) is 7.17. The zero-order valence-corrected chi connectivity index (χ0v) is 9.18. The molecule has 0 amide bonds. The van der Waals surface area contributed by atoms with Crippen molar-refractivity contribution in [2.75, 3.05) is 5.73 Å². The second kappa shape index (κ2) is 3.59. The van der Waals surface area contributed by atoms with Crippen LogP contribution in [0.2, 0.25) is 0 Å². The molecule has 0 aliphatic heterocycles. The maximum Gasteiger partial charge on any atom is 0.151 e. The molecule has 0 radical (unpaired) electrons. The summed E-state index contributed by atoms with van der Waals surface area (Å²) in [6, 6.07) is 15.6. The number of anilines is 1. The Labute approximate surface area is 98.7 Å². The molecule has 0 atom stereocenters. The molecule has 2 heteroatoms. The first-order chi connectivity index (χ1) is 8.29. The molecule has 0 saturated carbocycles. The molecule has 2 nitrogen and oxygen atoms in total. The molecule has 0 spiro atoms. The van der Waals surface area contributed by atoms with Gasteiger partial charge in [-0.1, -0.05) is 30.3 Å². The van der Waals surface area contributed by atoms with Crippen LogP contribution in [0.15, 0.2) is 48.5 Å². The minimum absolute atomic E-state index is 0.677. The van der Waals surface area contributed by atoms with E-state index in [1.807, 2.05) is 42.5 Å². The van der Waals surface area contributed by atoms with Gasteiger partial charge in [0.1, 0.15) is 0 Å². The Kier molecular flexibility index (Phi) is 2.08. The lowest BCUT2D eigenvalue weighted by molar-refractivity contribution is 0.112. The van der Waals surface area contributed by atoms with Crippen LogP contribution in [0, 0.1) is 0 Å². The van der Waals surface area contributed by atoms with Crippen molar-refractivity contribution in [3.63, 3.8) is 0 Å². The van der Waals surface area contributed by atoms with Gasteiger partial charge in [-0.2, -0.15) is 0 Å². The van der Waals surface area contributed by atoms with Crippen LogP contribution in [0.3, 0.4) is 0 Å². The smallest absolute Gasteiger partial charge is 0.151 e. The number of carbonyl (C=O) groups excluding carboxylic acids is 1. The van der Waals surface area contributed by atoms with Crippen LogP contribution in [-0.4, -0.2) is 6.29 Å². The van der Waals surface area contributed by atoms with Gasteiger partial charge < -0.3 is 5.73 Å². The van der Waals surface area contributed by atoms with E-state index in [0.717, 1.165) is 27.8 Å². The van der Waals surface area contributed by atoms with Crippen LogP contribution < -0.4 is 5.73 Å². The summed E-state index contributed by atoms with van der Waals surface area (Å²) in [5.74, 6) is 0. The lowest BCUT2D eigenvalue weighted by Gasteiger charge is -2.07. The van der Waals surface area contributed by atoms with Crippen molar-refractivity contribution >= 4 is 33.5 Å². The number of hydrogen-bond acceptors (Lipinski definition) is 2. The molecule has 17 heavy (non-hydrogen) atoms. The van der Waals surface area contributed by atoms with Crippen molar-refractivity contribution in [1.82, 2.24) is 0 Å². The van der Waals surface area contributed by atoms with Crippen molar-refractivity contribution in [2.45, 2.75) is 0 Å². The minimum atomic E-state index is 0.677. The fraction of sp³-hybridized carbons (Fsp3) is 0. The largest absolute Gasteiger partial charge is 0.399 e. The van der Waals surface area contributed by atoms with Crippen LogP contribution in [0.25, 0.3) is 21.5 Å². The quantitative estimate of drug-likeness (QED) is 0.389. The van der Waals surface area contributed by atoms with Gasteiger partial charge >= 0.3 is 0 Å². The van der Waals surface area contributed by atoms with Crippen LogP contribution in [0.4, 0.5) is 5.69 Å². The van der Waals surface area contributed by atoms with Crippen LogP contribution in [-0.2, 0) is 0 Å². The first kappa shape index (κ1) is 9.85. The maximum absolute atomic E-state index is 11.3. The van der Waals surface area contributed by atoms with E-state index in [-0.39, 0.29) is 0 Å². The highest BCUT2D eigenvalue weighted by atomic mass is 16.1. The van der Waals surface area contributed by atoms with Crippen molar-refractivity contribution in [1.29, 1.82) is 0 Å². The van der Waals surface area contributed by atoms with E-state index in [4.69, 9.17) is 5.73 Å². The second-order valence-corrected chi connectivity index (χ2v) is 4.11. The van der Waals surface area contributed by atoms with E-state index >= 15 is 0 Å².